The van der Waals surface area contributed by atoms with E-state index in [0.29, 0.717) is 11.7 Å². The molecule has 0 radical (unpaired) electrons. The molecule has 0 aliphatic carbocycles. The lowest BCUT2D eigenvalue weighted by molar-refractivity contribution is 0.259. The summed E-state index contributed by atoms with van der Waals surface area (Å²) in [6, 6.07) is 7.52. The molecular weight excluding hydrogens is 238 g/mol. The number of amides is 2. The number of benzene rings is 1. The van der Waals surface area contributed by atoms with Crippen molar-refractivity contribution in [3.8, 4) is 0 Å². The van der Waals surface area contributed by atoms with Crippen molar-refractivity contribution < 1.29 is 4.79 Å². The highest BCUT2D eigenvalue weighted by Gasteiger charge is 2.02. The topological polar surface area (TPSA) is 67.2 Å². The maximum Gasteiger partial charge on any atom is 0.316 e. The number of anilines is 2. The average Bonchev–Trinajstić information content (AvgIpc) is 2.36. The van der Waals surface area contributed by atoms with Crippen molar-refractivity contribution in [2.24, 2.45) is 5.73 Å². The minimum atomic E-state index is -0.537. The Kier molecular flexibility index (Phi) is 6.79. The maximum absolute atomic E-state index is 10.7. The summed E-state index contributed by atoms with van der Waals surface area (Å²) >= 11 is 0. The molecule has 106 valence electrons. The van der Waals surface area contributed by atoms with Gasteiger partial charge in [-0.3, -0.25) is 0 Å². The summed E-state index contributed by atoms with van der Waals surface area (Å²) < 4.78 is 0. The molecule has 1 aromatic rings. The molecule has 0 heterocycles. The van der Waals surface area contributed by atoms with E-state index in [1.54, 1.807) is 0 Å². The molecule has 4 N–H and O–H groups in total. The molecule has 4 nitrogen and oxygen atoms in total. The summed E-state index contributed by atoms with van der Waals surface area (Å²) in [4.78, 5) is 10.7. The minimum absolute atomic E-state index is 0.465. The van der Waals surface area contributed by atoms with Gasteiger partial charge >= 0.3 is 6.03 Å². The van der Waals surface area contributed by atoms with Crippen LogP contribution in [0.1, 0.15) is 46.0 Å². The number of nitrogens with two attached hydrogens (primary N) is 1. The molecular formula is C15H25N3O. The van der Waals surface area contributed by atoms with Gasteiger partial charge in [0.15, 0.2) is 0 Å². The smallest absolute Gasteiger partial charge is 0.316 e. The van der Waals surface area contributed by atoms with E-state index in [2.05, 4.69) is 24.5 Å². The van der Waals surface area contributed by atoms with Gasteiger partial charge in [0, 0.05) is 17.4 Å². The molecule has 0 saturated heterocycles. The fourth-order valence-corrected chi connectivity index (χ4v) is 2.03. The molecule has 0 fully saturated rings. The van der Waals surface area contributed by atoms with Crippen molar-refractivity contribution in [3.63, 3.8) is 0 Å². The van der Waals surface area contributed by atoms with Crippen molar-refractivity contribution >= 4 is 17.4 Å². The van der Waals surface area contributed by atoms with Crippen molar-refractivity contribution in [2.45, 2.75) is 52.0 Å². The van der Waals surface area contributed by atoms with E-state index in [1.165, 1.54) is 32.1 Å². The van der Waals surface area contributed by atoms with E-state index in [-0.39, 0.29) is 0 Å². The van der Waals surface area contributed by atoms with Gasteiger partial charge in [0.05, 0.1) is 0 Å². The van der Waals surface area contributed by atoms with E-state index in [4.69, 9.17) is 5.73 Å². The summed E-state index contributed by atoms with van der Waals surface area (Å²) in [6.45, 7) is 4.42. The third-order valence-electron chi connectivity index (χ3n) is 3.06. The molecule has 1 rings (SSSR count). The Labute approximate surface area is 115 Å². The van der Waals surface area contributed by atoms with Crippen LogP contribution in [0.15, 0.2) is 24.3 Å². The summed E-state index contributed by atoms with van der Waals surface area (Å²) in [5.74, 6) is 0. The second kappa shape index (κ2) is 8.40. The first-order chi connectivity index (χ1) is 9.11. The number of primary amides is 1. The molecule has 2 amide bonds. The number of unbranched alkanes of at least 4 members (excludes halogenated alkanes) is 3. The molecule has 1 unspecified atom stereocenters. The molecule has 0 spiro atoms. The Bertz CT molecular complexity index is 375. The van der Waals surface area contributed by atoms with Crippen LogP contribution in [-0.4, -0.2) is 12.1 Å². The predicted molar refractivity (Wildman–Crippen MR) is 81.5 cm³/mol. The number of nitrogens with one attached hydrogen (secondary N) is 2. The van der Waals surface area contributed by atoms with Crippen LogP contribution in [0.25, 0.3) is 0 Å². The lowest BCUT2D eigenvalue weighted by atomic mass is 10.1. The van der Waals surface area contributed by atoms with Crippen molar-refractivity contribution in [2.75, 3.05) is 10.6 Å². The number of hydrogen-bond donors (Lipinski definition) is 3. The van der Waals surface area contributed by atoms with Crippen molar-refractivity contribution in [1.29, 1.82) is 0 Å². The second-order valence-electron chi connectivity index (χ2n) is 4.96. The standard InChI is InChI=1S/C15H25N3O/c1-3-4-5-6-7-12(2)17-13-8-10-14(11-9-13)18-15(16)19/h8-12,17H,3-7H2,1-2H3,(H3,16,18,19). The van der Waals surface area contributed by atoms with E-state index < -0.39 is 6.03 Å². The molecule has 0 bridgehead atoms. The number of carbonyl (C=O) groups excluding carboxylic acids is 1. The van der Waals surface area contributed by atoms with Gasteiger partial charge in [-0.05, 0) is 37.6 Å². The zero-order chi connectivity index (χ0) is 14.1. The monoisotopic (exact) mass is 263 g/mol. The zero-order valence-corrected chi connectivity index (χ0v) is 11.9. The Balaban J connectivity index is 2.33. The van der Waals surface area contributed by atoms with Crippen molar-refractivity contribution in [3.05, 3.63) is 24.3 Å². The Hall–Kier alpha value is -1.71. The number of hydrogen-bond acceptors (Lipinski definition) is 2. The van der Waals surface area contributed by atoms with E-state index in [0.717, 1.165) is 5.69 Å². The lowest BCUT2D eigenvalue weighted by Gasteiger charge is -2.15. The molecule has 0 aliphatic rings. The third kappa shape index (κ3) is 6.70. The van der Waals surface area contributed by atoms with Gasteiger partial charge in [0.1, 0.15) is 0 Å². The van der Waals surface area contributed by atoms with E-state index >= 15 is 0 Å². The Morgan fingerprint density at radius 1 is 1.16 bits per heavy atom. The van der Waals surface area contributed by atoms with E-state index in [1.807, 2.05) is 24.3 Å². The largest absolute Gasteiger partial charge is 0.383 e. The Morgan fingerprint density at radius 3 is 2.37 bits per heavy atom. The third-order valence-corrected chi connectivity index (χ3v) is 3.06. The number of urea groups is 1. The SMILES string of the molecule is CCCCCCC(C)Nc1ccc(NC(N)=O)cc1. The van der Waals surface area contributed by atoms with Crippen LogP contribution in [0.3, 0.4) is 0 Å². The van der Waals surface area contributed by atoms with Crippen LogP contribution in [0, 0.1) is 0 Å². The van der Waals surface area contributed by atoms with E-state index in [9.17, 15) is 4.79 Å². The molecule has 19 heavy (non-hydrogen) atoms. The molecule has 0 aliphatic heterocycles. The number of rotatable bonds is 8. The Morgan fingerprint density at radius 2 is 1.79 bits per heavy atom. The molecule has 1 atom stereocenters. The fraction of sp³-hybridized carbons (Fsp3) is 0.533. The van der Waals surface area contributed by atoms with Crippen LogP contribution in [0.2, 0.25) is 0 Å². The van der Waals surface area contributed by atoms with Gasteiger partial charge in [-0.25, -0.2) is 4.79 Å². The quantitative estimate of drug-likeness (QED) is 0.622. The molecule has 0 aromatic heterocycles. The number of carbonyl (C=O) groups is 1. The van der Waals surface area contributed by atoms with Crippen LogP contribution in [0.5, 0.6) is 0 Å². The van der Waals surface area contributed by atoms with Crippen LogP contribution < -0.4 is 16.4 Å². The lowest BCUT2D eigenvalue weighted by Crippen LogP contribution is -2.19. The molecule has 0 saturated carbocycles. The van der Waals surface area contributed by atoms with Gasteiger partial charge in [0.2, 0.25) is 0 Å². The fourth-order valence-electron chi connectivity index (χ4n) is 2.03. The molecule has 4 heteroatoms. The first kappa shape index (κ1) is 15.3. The predicted octanol–water partition coefficient (Wildman–Crippen LogP) is 3.95. The van der Waals surface area contributed by atoms with Gasteiger partial charge in [0.25, 0.3) is 0 Å². The van der Waals surface area contributed by atoms with Gasteiger partial charge in [-0.2, -0.15) is 0 Å². The summed E-state index contributed by atoms with van der Waals surface area (Å²) in [7, 11) is 0. The summed E-state index contributed by atoms with van der Waals surface area (Å²) in [5, 5.41) is 6.00. The van der Waals surface area contributed by atoms with Gasteiger partial charge in [-0.15, -0.1) is 0 Å². The average molecular weight is 263 g/mol. The minimum Gasteiger partial charge on any atom is -0.383 e. The summed E-state index contributed by atoms with van der Waals surface area (Å²) in [5.41, 5.74) is 6.84. The highest BCUT2D eigenvalue weighted by molar-refractivity contribution is 5.87. The van der Waals surface area contributed by atoms with Crippen LogP contribution in [-0.2, 0) is 0 Å². The summed E-state index contributed by atoms with van der Waals surface area (Å²) in [6.07, 6.45) is 6.35. The highest BCUT2D eigenvalue weighted by Crippen LogP contribution is 2.16. The highest BCUT2D eigenvalue weighted by atomic mass is 16.2. The normalized spacial score (nSPS) is 11.9. The first-order valence-electron chi connectivity index (χ1n) is 7.05. The van der Waals surface area contributed by atoms with Gasteiger partial charge < -0.3 is 16.4 Å². The maximum atomic E-state index is 10.7. The first-order valence-corrected chi connectivity index (χ1v) is 7.05. The van der Waals surface area contributed by atoms with Crippen LogP contribution >= 0.6 is 0 Å². The second-order valence-corrected chi connectivity index (χ2v) is 4.96. The van der Waals surface area contributed by atoms with Crippen LogP contribution in [0.4, 0.5) is 16.2 Å². The molecule has 1 aromatic carbocycles. The van der Waals surface area contributed by atoms with Gasteiger partial charge in [-0.1, -0.05) is 32.6 Å². The zero-order valence-electron chi connectivity index (χ0n) is 11.9. The van der Waals surface area contributed by atoms with Crippen molar-refractivity contribution in [1.82, 2.24) is 0 Å².